The quantitative estimate of drug-likeness (QED) is 0.228. The lowest BCUT2D eigenvalue weighted by Gasteiger charge is -2.15. The molecule has 0 atom stereocenters. The number of aryl methyl sites for hydroxylation is 2. The van der Waals surface area contributed by atoms with Gasteiger partial charge in [0, 0.05) is 10.8 Å². The Kier molecular flexibility index (Phi) is 4.98. The minimum Gasteiger partial charge on any atom is -0.395 e. The van der Waals surface area contributed by atoms with E-state index in [0.717, 1.165) is 39.9 Å². The van der Waals surface area contributed by atoms with E-state index in [-0.39, 0.29) is 0 Å². The average molecular weight is 370 g/mol. The van der Waals surface area contributed by atoms with Gasteiger partial charge in [-0.2, -0.15) is 0 Å². The number of carbonyl (C=O) groups is 1. The number of carbonyl (C=O) groups excluding carboxylic acids is 1. The minimum absolute atomic E-state index is 0.460. The molecule has 0 aliphatic heterocycles. The Bertz CT molecular complexity index is 1150. The maximum absolute atomic E-state index is 12.6. The van der Waals surface area contributed by atoms with E-state index in [0.29, 0.717) is 11.5 Å². The molecule has 0 aliphatic carbocycles. The average Bonchev–Trinajstić information content (AvgIpc) is 2.73. The fraction of sp³-hybridized carbons (Fsp3) is 0.160. The highest BCUT2D eigenvalue weighted by atomic mass is 16.7. The lowest BCUT2D eigenvalue weighted by atomic mass is 9.96. The van der Waals surface area contributed by atoms with Crippen molar-refractivity contribution in [2.24, 2.45) is 0 Å². The van der Waals surface area contributed by atoms with E-state index in [2.05, 4.69) is 50.2 Å². The highest BCUT2D eigenvalue weighted by Crippen LogP contribution is 2.38. The van der Waals surface area contributed by atoms with Crippen molar-refractivity contribution in [2.75, 3.05) is 0 Å². The smallest absolute Gasteiger partial charge is 0.395 e. The van der Waals surface area contributed by atoms with Gasteiger partial charge in [0.25, 0.3) is 0 Å². The zero-order valence-electron chi connectivity index (χ0n) is 16.1. The van der Waals surface area contributed by atoms with Crippen LogP contribution in [0.3, 0.4) is 0 Å². The summed E-state index contributed by atoms with van der Waals surface area (Å²) in [6.45, 7) is 4.22. The summed E-state index contributed by atoms with van der Waals surface area (Å²) in [7, 11) is 0. The second-order valence-electron chi connectivity index (χ2n) is 6.75. The summed E-state index contributed by atoms with van der Waals surface area (Å²) in [5.74, 6) is 1.03. The third-order valence-corrected chi connectivity index (χ3v) is 5.00. The topological polar surface area (TPSA) is 35.5 Å². The van der Waals surface area contributed by atoms with E-state index >= 15 is 0 Å². The van der Waals surface area contributed by atoms with Gasteiger partial charge in [-0.05, 0) is 59.0 Å². The first kappa shape index (κ1) is 18.1. The molecular weight excluding hydrogens is 348 g/mol. The second kappa shape index (κ2) is 7.73. The van der Waals surface area contributed by atoms with Crippen molar-refractivity contribution in [1.82, 2.24) is 0 Å². The highest BCUT2D eigenvalue weighted by Gasteiger charge is 2.17. The van der Waals surface area contributed by atoms with Crippen molar-refractivity contribution in [1.29, 1.82) is 0 Å². The van der Waals surface area contributed by atoms with E-state index < -0.39 is 6.16 Å². The molecule has 0 aliphatic rings. The molecule has 28 heavy (non-hydrogen) atoms. The van der Waals surface area contributed by atoms with Gasteiger partial charge >= 0.3 is 6.16 Å². The number of rotatable bonds is 4. The summed E-state index contributed by atoms with van der Waals surface area (Å²) in [4.78, 5) is 12.6. The molecular formula is C25H22O3. The van der Waals surface area contributed by atoms with Crippen LogP contribution in [0.5, 0.6) is 11.5 Å². The van der Waals surface area contributed by atoms with Crippen LogP contribution in [0.2, 0.25) is 0 Å². The molecule has 0 saturated heterocycles. The molecule has 0 heterocycles. The maximum Gasteiger partial charge on any atom is 0.519 e. The second-order valence-corrected chi connectivity index (χ2v) is 6.75. The lowest BCUT2D eigenvalue weighted by molar-refractivity contribution is 0.153. The summed E-state index contributed by atoms with van der Waals surface area (Å²) in [5.41, 5.74) is 2.34. The summed E-state index contributed by atoms with van der Waals surface area (Å²) in [5, 5.41) is 3.99. The van der Waals surface area contributed by atoms with Gasteiger partial charge in [-0.25, -0.2) is 4.79 Å². The number of fused-ring (bicyclic) bond motifs is 2. The molecule has 0 aromatic heterocycles. The third-order valence-electron chi connectivity index (χ3n) is 5.00. The third kappa shape index (κ3) is 3.44. The standard InChI is InChI=1S/C25H22O3/c1-3-17-13-14-19-16-20-10-8-9-18(4-2)23(20)24(22(19)15-17)28-25(26)27-21-11-6-5-7-12-21/h5-16H,3-4H2,1-2H3. The van der Waals surface area contributed by atoms with Crippen LogP contribution >= 0.6 is 0 Å². The van der Waals surface area contributed by atoms with Crippen molar-refractivity contribution in [3.63, 3.8) is 0 Å². The first-order chi connectivity index (χ1) is 13.7. The number of para-hydroxylation sites is 1. The van der Waals surface area contributed by atoms with Crippen molar-refractivity contribution in [3.8, 4) is 11.5 Å². The summed E-state index contributed by atoms with van der Waals surface area (Å²) < 4.78 is 11.2. The molecule has 0 N–H and O–H groups in total. The molecule has 4 aromatic rings. The van der Waals surface area contributed by atoms with Gasteiger partial charge in [-0.15, -0.1) is 0 Å². The largest absolute Gasteiger partial charge is 0.519 e. The SMILES string of the molecule is CCc1ccc2cc3cccc(CC)c3c(OC(=O)Oc3ccccc3)c2c1. The lowest BCUT2D eigenvalue weighted by Crippen LogP contribution is -2.14. The number of benzene rings is 4. The summed E-state index contributed by atoms with van der Waals surface area (Å²) in [6.07, 6.45) is 1.03. The fourth-order valence-electron chi connectivity index (χ4n) is 3.55. The predicted octanol–water partition coefficient (Wildman–Crippen LogP) is 6.70. The maximum atomic E-state index is 12.6. The molecule has 0 unspecified atom stereocenters. The number of hydrogen-bond acceptors (Lipinski definition) is 3. The normalized spacial score (nSPS) is 10.9. The number of hydrogen-bond donors (Lipinski definition) is 0. The Morgan fingerprint density at radius 3 is 2.36 bits per heavy atom. The van der Waals surface area contributed by atoms with Gasteiger partial charge in [-0.1, -0.05) is 62.4 Å². The van der Waals surface area contributed by atoms with Crippen LogP contribution in [0, 0.1) is 0 Å². The van der Waals surface area contributed by atoms with Gasteiger partial charge in [0.15, 0.2) is 0 Å². The zero-order chi connectivity index (χ0) is 19.5. The van der Waals surface area contributed by atoms with Gasteiger partial charge in [0.2, 0.25) is 0 Å². The molecule has 3 nitrogen and oxygen atoms in total. The Labute approximate surface area is 164 Å². The van der Waals surface area contributed by atoms with Crippen molar-refractivity contribution in [3.05, 3.63) is 83.9 Å². The number of ether oxygens (including phenoxy) is 2. The van der Waals surface area contributed by atoms with Gasteiger partial charge in [0.1, 0.15) is 11.5 Å². The first-order valence-corrected chi connectivity index (χ1v) is 9.61. The Morgan fingerprint density at radius 1 is 0.786 bits per heavy atom. The van der Waals surface area contributed by atoms with E-state index in [4.69, 9.17) is 9.47 Å². The Hall–Kier alpha value is -3.33. The summed E-state index contributed by atoms with van der Waals surface area (Å²) in [6, 6.07) is 23.6. The molecule has 0 bridgehead atoms. The Balaban J connectivity index is 1.87. The van der Waals surface area contributed by atoms with Gasteiger partial charge < -0.3 is 9.47 Å². The van der Waals surface area contributed by atoms with Gasteiger partial charge in [0.05, 0.1) is 0 Å². The molecule has 0 spiro atoms. The van der Waals surface area contributed by atoms with Crippen LogP contribution in [-0.4, -0.2) is 6.16 Å². The van der Waals surface area contributed by atoms with E-state index in [9.17, 15) is 4.79 Å². The van der Waals surface area contributed by atoms with Crippen LogP contribution in [0.15, 0.2) is 72.8 Å². The first-order valence-electron chi connectivity index (χ1n) is 9.61. The molecule has 140 valence electrons. The molecule has 3 heteroatoms. The van der Waals surface area contributed by atoms with Crippen molar-refractivity contribution in [2.45, 2.75) is 26.7 Å². The zero-order valence-corrected chi connectivity index (χ0v) is 16.1. The van der Waals surface area contributed by atoms with Crippen molar-refractivity contribution >= 4 is 27.7 Å². The van der Waals surface area contributed by atoms with Crippen LogP contribution < -0.4 is 9.47 Å². The predicted molar refractivity (Wildman–Crippen MR) is 113 cm³/mol. The molecule has 0 saturated carbocycles. The molecule has 0 radical (unpaired) electrons. The minimum atomic E-state index is -0.729. The molecule has 0 fully saturated rings. The van der Waals surface area contributed by atoms with Crippen LogP contribution in [0.25, 0.3) is 21.5 Å². The van der Waals surface area contributed by atoms with Crippen LogP contribution in [-0.2, 0) is 12.8 Å². The van der Waals surface area contributed by atoms with Crippen LogP contribution in [0.1, 0.15) is 25.0 Å². The van der Waals surface area contributed by atoms with Crippen LogP contribution in [0.4, 0.5) is 4.79 Å². The Morgan fingerprint density at radius 2 is 1.61 bits per heavy atom. The summed E-state index contributed by atoms with van der Waals surface area (Å²) >= 11 is 0. The van der Waals surface area contributed by atoms with Crippen molar-refractivity contribution < 1.29 is 14.3 Å². The van der Waals surface area contributed by atoms with E-state index in [1.807, 2.05) is 24.3 Å². The van der Waals surface area contributed by atoms with E-state index in [1.54, 1.807) is 12.1 Å². The van der Waals surface area contributed by atoms with E-state index in [1.165, 1.54) is 5.56 Å². The highest BCUT2D eigenvalue weighted by molar-refractivity contribution is 6.07. The fourth-order valence-corrected chi connectivity index (χ4v) is 3.55. The van der Waals surface area contributed by atoms with Gasteiger partial charge in [-0.3, -0.25) is 0 Å². The molecule has 4 rings (SSSR count). The monoisotopic (exact) mass is 370 g/mol. The molecule has 0 amide bonds. The molecule has 4 aromatic carbocycles.